The van der Waals surface area contributed by atoms with E-state index in [1.165, 1.54) is 6.07 Å². The van der Waals surface area contributed by atoms with Gasteiger partial charge in [0.15, 0.2) is 0 Å². The molecule has 5 nitrogen and oxygen atoms in total. The van der Waals surface area contributed by atoms with Crippen LogP contribution in [0.2, 0.25) is 5.02 Å². The number of nitrogens with one attached hydrogen (secondary N) is 1. The third-order valence-corrected chi connectivity index (χ3v) is 3.84. The molecule has 2 N–H and O–H groups in total. The highest BCUT2D eigenvalue weighted by Crippen LogP contribution is 2.34. The van der Waals surface area contributed by atoms with Gasteiger partial charge in [-0.05, 0) is 36.2 Å². The minimum atomic E-state index is -1.06. The summed E-state index contributed by atoms with van der Waals surface area (Å²) in [4.78, 5) is 10.9. The minimum absolute atomic E-state index is 0.0307. The van der Waals surface area contributed by atoms with E-state index in [-0.39, 0.29) is 5.69 Å². The van der Waals surface area contributed by atoms with Crippen LogP contribution >= 0.6 is 11.6 Å². The van der Waals surface area contributed by atoms with E-state index in [4.69, 9.17) is 21.4 Å². The Morgan fingerprint density at radius 3 is 2.62 bits per heavy atom. The van der Waals surface area contributed by atoms with Gasteiger partial charge in [-0.2, -0.15) is 5.10 Å². The summed E-state index contributed by atoms with van der Waals surface area (Å²) in [5.41, 5.74) is 3.19. The Morgan fingerprint density at radius 1 is 1.25 bits per heavy atom. The molecular weight excluding hydrogens is 328 g/mol. The SMILES string of the molecule is Cc1cc(-c2cc(C(=O)O)[nH]n2)cc(Cl)c1OCc1ccccc1. The predicted molar refractivity (Wildman–Crippen MR) is 91.5 cm³/mol. The maximum absolute atomic E-state index is 10.9. The van der Waals surface area contributed by atoms with Crippen LogP contribution in [0.1, 0.15) is 21.6 Å². The number of aromatic amines is 1. The Kier molecular flexibility index (Phi) is 4.53. The van der Waals surface area contributed by atoms with Crippen molar-refractivity contribution in [1.29, 1.82) is 0 Å². The Bertz CT molecular complexity index is 852. The molecule has 0 aliphatic carbocycles. The molecule has 0 atom stereocenters. The Hall–Kier alpha value is -2.79. The van der Waals surface area contributed by atoms with Crippen LogP contribution in [0.15, 0.2) is 48.5 Å². The van der Waals surface area contributed by atoms with E-state index in [2.05, 4.69) is 10.2 Å². The van der Waals surface area contributed by atoms with Gasteiger partial charge >= 0.3 is 5.97 Å². The second-order valence-electron chi connectivity index (χ2n) is 5.35. The van der Waals surface area contributed by atoms with Crippen molar-refractivity contribution in [3.05, 3.63) is 70.4 Å². The maximum atomic E-state index is 10.9. The number of nitrogens with zero attached hydrogens (tertiary/aromatic N) is 1. The van der Waals surface area contributed by atoms with Gasteiger partial charge in [-0.15, -0.1) is 0 Å². The first-order chi connectivity index (χ1) is 11.5. The summed E-state index contributed by atoms with van der Waals surface area (Å²) < 4.78 is 5.83. The molecule has 0 fully saturated rings. The molecule has 2 aromatic carbocycles. The van der Waals surface area contributed by atoms with Crippen molar-refractivity contribution in [1.82, 2.24) is 10.2 Å². The van der Waals surface area contributed by atoms with Crippen molar-refractivity contribution in [2.45, 2.75) is 13.5 Å². The number of carbonyl (C=O) groups is 1. The van der Waals surface area contributed by atoms with Gasteiger partial charge < -0.3 is 9.84 Å². The first kappa shape index (κ1) is 16.1. The summed E-state index contributed by atoms with van der Waals surface area (Å²) in [5.74, 6) is -0.447. The lowest BCUT2D eigenvalue weighted by atomic mass is 10.1. The normalized spacial score (nSPS) is 10.6. The maximum Gasteiger partial charge on any atom is 0.353 e. The molecule has 3 aromatic rings. The number of carboxylic acid groups (broad SMARTS) is 1. The van der Waals surface area contributed by atoms with E-state index in [0.717, 1.165) is 16.7 Å². The fraction of sp³-hybridized carbons (Fsp3) is 0.111. The average Bonchev–Trinajstić information content (AvgIpc) is 3.05. The monoisotopic (exact) mass is 342 g/mol. The highest BCUT2D eigenvalue weighted by atomic mass is 35.5. The van der Waals surface area contributed by atoms with E-state index in [1.807, 2.05) is 43.3 Å². The number of aromatic nitrogens is 2. The van der Waals surface area contributed by atoms with Crippen LogP contribution < -0.4 is 4.74 Å². The van der Waals surface area contributed by atoms with Crippen molar-refractivity contribution in [3.63, 3.8) is 0 Å². The molecule has 0 amide bonds. The quantitative estimate of drug-likeness (QED) is 0.724. The van der Waals surface area contributed by atoms with Gasteiger partial charge in [0.1, 0.15) is 18.1 Å². The molecule has 0 saturated carbocycles. The summed E-state index contributed by atoms with van der Waals surface area (Å²) in [6.45, 7) is 2.31. The molecular formula is C18H15ClN2O3. The van der Waals surface area contributed by atoms with E-state index in [0.29, 0.717) is 23.1 Å². The molecule has 6 heteroatoms. The lowest BCUT2D eigenvalue weighted by Gasteiger charge is -2.12. The molecule has 0 bridgehead atoms. The molecule has 0 saturated heterocycles. The van der Waals surface area contributed by atoms with E-state index >= 15 is 0 Å². The van der Waals surface area contributed by atoms with Crippen molar-refractivity contribution in [3.8, 4) is 17.0 Å². The van der Waals surface area contributed by atoms with Crippen LogP contribution in [0.5, 0.6) is 5.75 Å². The molecule has 0 aliphatic heterocycles. The molecule has 1 heterocycles. The standard InChI is InChI=1S/C18H15ClN2O3/c1-11-7-13(15-9-16(18(22)23)21-20-15)8-14(19)17(11)24-10-12-5-3-2-4-6-12/h2-9H,10H2,1H3,(H,20,21)(H,22,23). The van der Waals surface area contributed by atoms with Gasteiger partial charge in [0.05, 0.1) is 10.7 Å². The van der Waals surface area contributed by atoms with Crippen molar-refractivity contribution in [2.24, 2.45) is 0 Å². The summed E-state index contributed by atoms with van der Waals surface area (Å²) in [7, 11) is 0. The fourth-order valence-corrected chi connectivity index (χ4v) is 2.69. The highest BCUT2D eigenvalue weighted by Gasteiger charge is 2.13. The van der Waals surface area contributed by atoms with Gasteiger partial charge in [0, 0.05) is 5.56 Å². The highest BCUT2D eigenvalue weighted by molar-refractivity contribution is 6.32. The third kappa shape index (κ3) is 3.41. The van der Waals surface area contributed by atoms with Crippen LogP contribution in [-0.2, 0) is 6.61 Å². The van der Waals surface area contributed by atoms with Crippen LogP contribution in [0.3, 0.4) is 0 Å². The zero-order chi connectivity index (χ0) is 17.1. The number of rotatable bonds is 5. The minimum Gasteiger partial charge on any atom is -0.487 e. The topological polar surface area (TPSA) is 75.2 Å². The number of aryl methyl sites for hydroxylation is 1. The van der Waals surface area contributed by atoms with Gasteiger partial charge in [-0.3, -0.25) is 5.10 Å². The number of halogens is 1. The molecule has 1 aromatic heterocycles. The molecule has 0 aliphatic rings. The van der Waals surface area contributed by atoms with Gasteiger partial charge in [-0.25, -0.2) is 4.79 Å². The lowest BCUT2D eigenvalue weighted by Crippen LogP contribution is -1.98. The van der Waals surface area contributed by atoms with Crippen molar-refractivity contribution in [2.75, 3.05) is 0 Å². The first-order valence-corrected chi connectivity index (χ1v) is 7.68. The van der Waals surface area contributed by atoms with Crippen LogP contribution in [-0.4, -0.2) is 21.3 Å². The molecule has 24 heavy (non-hydrogen) atoms. The average molecular weight is 343 g/mol. The largest absolute Gasteiger partial charge is 0.487 e. The van der Waals surface area contributed by atoms with E-state index < -0.39 is 5.97 Å². The van der Waals surface area contributed by atoms with Crippen LogP contribution in [0.4, 0.5) is 0 Å². The molecule has 0 radical (unpaired) electrons. The van der Waals surface area contributed by atoms with Crippen molar-refractivity contribution >= 4 is 17.6 Å². The summed E-state index contributed by atoms with van der Waals surface area (Å²) in [5, 5.41) is 15.9. The molecule has 0 unspecified atom stereocenters. The van der Waals surface area contributed by atoms with E-state index in [1.54, 1.807) is 6.07 Å². The first-order valence-electron chi connectivity index (χ1n) is 7.30. The molecule has 0 spiro atoms. The fourth-order valence-electron chi connectivity index (χ4n) is 2.37. The smallest absolute Gasteiger partial charge is 0.353 e. The van der Waals surface area contributed by atoms with Crippen LogP contribution in [0.25, 0.3) is 11.3 Å². The number of hydrogen-bond acceptors (Lipinski definition) is 3. The zero-order valence-electron chi connectivity index (χ0n) is 12.9. The summed E-state index contributed by atoms with van der Waals surface area (Å²) in [6.07, 6.45) is 0. The Balaban J connectivity index is 1.84. The molecule has 3 rings (SSSR count). The number of benzene rings is 2. The number of hydrogen-bond donors (Lipinski definition) is 2. The second kappa shape index (κ2) is 6.76. The second-order valence-corrected chi connectivity index (χ2v) is 5.76. The zero-order valence-corrected chi connectivity index (χ0v) is 13.7. The predicted octanol–water partition coefficient (Wildman–Crippen LogP) is 4.32. The molecule has 122 valence electrons. The van der Waals surface area contributed by atoms with Crippen molar-refractivity contribution < 1.29 is 14.6 Å². The van der Waals surface area contributed by atoms with Gasteiger partial charge in [0.25, 0.3) is 0 Å². The Morgan fingerprint density at radius 2 is 2.00 bits per heavy atom. The summed E-state index contributed by atoms with van der Waals surface area (Å²) in [6, 6.07) is 14.9. The van der Waals surface area contributed by atoms with Crippen LogP contribution in [0, 0.1) is 6.92 Å². The number of aromatic carboxylic acids is 1. The summed E-state index contributed by atoms with van der Waals surface area (Å²) >= 11 is 6.34. The number of H-pyrrole nitrogens is 1. The van der Waals surface area contributed by atoms with Gasteiger partial charge in [0.2, 0.25) is 0 Å². The lowest BCUT2D eigenvalue weighted by molar-refractivity contribution is 0.0690. The number of carboxylic acids is 1. The Labute approximate surface area is 143 Å². The number of ether oxygens (including phenoxy) is 1. The van der Waals surface area contributed by atoms with Gasteiger partial charge in [-0.1, -0.05) is 41.9 Å². The van der Waals surface area contributed by atoms with E-state index in [9.17, 15) is 4.79 Å². The third-order valence-electron chi connectivity index (χ3n) is 3.56.